The molecule has 0 aliphatic heterocycles. The van der Waals surface area contributed by atoms with Crippen LogP contribution in [0.4, 0.5) is 11.4 Å². The van der Waals surface area contributed by atoms with E-state index in [0.29, 0.717) is 5.82 Å². The maximum atomic E-state index is 5.17. The molecule has 0 saturated carbocycles. The van der Waals surface area contributed by atoms with Gasteiger partial charge in [-0.2, -0.15) is 4.37 Å². The minimum absolute atomic E-state index is 0.628. The van der Waals surface area contributed by atoms with Gasteiger partial charge in [0.25, 0.3) is 0 Å². The Bertz CT molecular complexity index is 1450. The largest absolute Gasteiger partial charge is 0.244 e. The number of aliphatic imine (C=N–C) groups is 2. The van der Waals surface area contributed by atoms with Crippen LogP contribution < -0.4 is 0 Å². The Morgan fingerprint density at radius 1 is 0.649 bits per heavy atom. The average molecular weight is 541 g/mol. The standard InChI is InChI=1S/C30H28N4S3/c1-17-13-19(3)25(20(4)14-17)31-27(23-9-7-11-35-23)29-33-30(37-34-29)28(24-10-8-12-36-24)32-26-21(5)15-18(2)16-22(26)6/h7-16H,1-6H3. The molecule has 5 rings (SSSR count). The molecule has 5 aromatic rings. The monoisotopic (exact) mass is 540 g/mol. The minimum atomic E-state index is 0.628. The lowest BCUT2D eigenvalue weighted by Crippen LogP contribution is -2.06. The zero-order chi connectivity index (χ0) is 26.1. The number of benzene rings is 2. The van der Waals surface area contributed by atoms with Crippen molar-refractivity contribution in [3.63, 3.8) is 0 Å². The molecule has 0 atom stereocenters. The Morgan fingerprint density at radius 2 is 1.11 bits per heavy atom. The van der Waals surface area contributed by atoms with Crippen LogP contribution in [0.25, 0.3) is 0 Å². The number of aromatic nitrogens is 2. The zero-order valence-electron chi connectivity index (χ0n) is 21.8. The highest BCUT2D eigenvalue weighted by molar-refractivity contribution is 7.14. The maximum absolute atomic E-state index is 5.17. The van der Waals surface area contributed by atoms with Crippen LogP contribution in [0.1, 0.15) is 54.0 Å². The molecule has 3 heterocycles. The summed E-state index contributed by atoms with van der Waals surface area (Å²) >= 11 is 4.69. The molecule has 3 aromatic heterocycles. The van der Waals surface area contributed by atoms with Gasteiger partial charge in [-0.3, -0.25) is 0 Å². The van der Waals surface area contributed by atoms with Crippen molar-refractivity contribution in [1.82, 2.24) is 9.36 Å². The molecule has 0 saturated heterocycles. The summed E-state index contributed by atoms with van der Waals surface area (Å²) in [6.07, 6.45) is 0. The van der Waals surface area contributed by atoms with Crippen LogP contribution in [0.5, 0.6) is 0 Å². The number of hydrogen-bond acceptors (Lipinski definition) is 7. The second-order valence-corrected chi connectivity index (χ2v) is 11.9. The third-order valence-corrected chi connectivity index (χ3v) is 8.54. The molecule has 7 heteroatoms. The lowest BCUT2D eigenvalue weighted by atomic mass is 10.1. The molecule has 4 nitrogen and oxygen atoms in total. The van der Waals surface area contributed by atoms with E-state index in [4.69, 9.17) is 19.3 Å². The maximum Gasteiger partial charge on any atom is 0.193 e. The molecule has 0 aliphatic carbocycles. The molecular formula is C30H28N4S3. The van der Waals surface area contributed by atoms with Crippen LogP contribution >= 0.6 is 34.2 Å². The Balaban J connectivity index is 1.66. The van der Waals surface area contributed by atoms with Gasteiger partial charge in [-0.25, -0.2) is 15.0 Å². The van der Waals surface area contributed by atoms with Crippen molar-refractivity contribution in [2.24, 2.45) is 9.98 Å². The van der Waals surface area contributed by atoms with Gasteiger partial charge in [0, 0.05) is 0 Å². The van der Waals surface area contributed by atoms with Gasteiger partial charge in [0.15, 0.2) is 10.8 Å². The first-order chi connectivity index (χ1) is 17.8. The number of aryl methyl sites for hydroxylation is 6. The highest BCUT2D eigenvalue weighted by Gasteiger charge is 2.20. The van der Waals surface area contributed by atoms with E-state index in [-0.39, 0.29) is 0 Å². The van der Waals surface area contributed by atoms with Gasteiger partial charge in [0.1, 0.15) is 11.4 Å². The van der Waals surface area contributed by atoms with E-state index < -0.39 is 0 Å². The van der Waals surface area contributed by atoms with Crippen LogP contribution in [0.15, 0.2) is 69.3 Å². The van der Waals surface area contributed by atoms with Crippen LogP contribution in [-0.4, -0.2) is 20.8 Å². The molecule has 37 heavy (non-hydrogen) atoms. The first kappa shape index (κ1) is 25.4. The van der Waals surface area contributed by atoms with Crippen molar-refractivity contribution in [3.8, 4) is 0 Å². The van der Waals surface area contributed by atoms with Crippen molar-refractivity contribution in [2.45, 2.75) is 41.5 Å². The van der Waals surface area contributed by atoms with Crippen molar-refractivity contribution in [3.05, 3.63) is 113 Å². The highest BCUT2D eigenvalue weighted by Crippen LogP contribution is 2.31. The first-order valence-corrected chi connectivity index (χ1v) is 14.6. The van der Waals surface area contributed by atoms with Crippen LogP contribution in [-0.2, 0) is 0 Å². The third-order valence-electron chi connectivity index (χ3n) is 6.07. The highest BCUT2D eigenvalue weighted by atomic mass is 32.1. The van der Waals surface area contributed by atoms with Gasteiger partial charge < -0.3 is 0 Å². The summed E-state index contributed by atoms with van der Waals surface area (Å²) < 4.78 is 4.81. The third kappa shape index (κ3) is 5.39. The number of rotatable bonds is 6. The van der Waals surface area contributed by atoms with Crippen LogP contribution in [0, 0.1) is 41.5 Å². The molecule has 0 aliphatic rings. The predicted octanol–water partition coefficient (Wildman–Crippen LogP) is 8.85. The molecule has 0 N–H and O–H groups in total. The topological polar surface area (TPSA) is 50.5 Å². The van der Waals surface area contributed by atoms with E-state index in [9.17, 15) is 0 Å². The first-order valence-electron chi connectivity index (χ1n) is 12.1. The van der Waals surface area contributed by atoms with E-state index in [1.807, 2.05) is 12.1 Å². The normalized spacial score (nSPS) is 12.4. The molecule has 0 unspecified atom stereocenters. The van der Waals surface area contributed by atoms with Crippen molar-refractivity contribution < 1.29 is 0 Å². The van der Waals surface area contributed by atoms with E-state index in [1.165, 1.54) is 22.7 Å². The Hall–Kier alpha value is -3.26. The molecule has 0 bridgehead atoms. The van der Waals surface area contributed by atoms with E-state index in [1.54, 1.807) is 22.7 Å². The molecule has 0 spiro atoms. The zero-order valence-corrected chi connectivity index (χ0v) is 24.2. The number of nitrogens with zero attached hydrogens (tertiary/aromatic N) is 4. The second-order valence-electron chi connectivity index (χ2n) is 9.29. The SMILES string of the molecule is Cc1cc(C)c(N=C(c2nsc(C(=Nc3c(C)cc(C)cc3C)c3cccs3)n2)c2cccs2)c(C)c1. The molecule has 2 aromatic carbocycles. The molecule has 0 fully saturated rings. The molecule has 186 valence electrons. The van der Waals surface area contributed by atoms with Gasteiger partial charge >= 0.3 is 0 Å². The lowest BCUT2D eigenvalue weighted by Gasteiger charge is -2.09. The molecule has 0 amide bonds. The van der Waals surface area contributed by atoms with Crippen molar-refractivity contribution in [1.29, 1.82) is 0 Å². The fourth-order valence-corrected chi connectivity index (χ4v) is 6.75. The van der Waals surface area contributed by atoms with Gasteiger partial charge in [0.05, 0.1) is 21.1 Å². The van der Waals surface area contributed by atoms with Gasteiger partial charge in [-0.15, -0.1) is 22.7 Å². The van der Waals surface area contributed by atoms with Gasteiger partial charge in [0.2, 0.25) is 0 Å². The van der Waals surface area contributed by atoms with Crippen molar-refractivity contribution >= 4 is 57.0 Å². The van der Waals surface area contributed by atoms with E-state index in [0.717, 1.165) is 59.8 Å². The second kappa shape index (κ2) is 10.6. The predicted molar refractivity (Wildman–Crippen MR) is 160 cm³/mol. The summed E-state index contributed by atoms with van der Waals surface area (Å²) in [6, 6.07) is 17.0. The van der Waals surface area contributed by atoms with E-state index >= 15 is 0 Å². The quantitative estimate of drug-likeness (QED) is 0.202. The summed E-state index contributed by atoms with van der Waals surface area (Å²) in [4.78, 5) is 17.5. The Kier molecular flexibility index (Phi) is 7.29. The fourth-order valence-electron chi connectivity index (χ4n) is 4.59. The van der Waals surface area contributed by atoms with Crippen molar-refractivity contribution in [2.75, 3.05) is 0 Å². The van der Waals surface area contributed by atoms with Gasteiger partial charge in [-0.1, -0.05) is 47.5 Å². The van der Waals surface area contributed by atoms with Gasteiger partial charge in [-0.05, 0) is 98.2 Å². The lowest BCUT2D eigenvalue weighted by molar-refractivity contribution is 1.23. The summed E-state index contributed by atoms with van der Waals surface area (Å²) in [7, 11) is 0. The Labute approximate surface area is 230 Å². The summed E-state index contributed by atoms with van der Waals surface area (Å²) in [5.41, 5.74) is 10.7. The van der Waals surface area contributed by atoms with Crippen LogP contribution in [0.3, 0.4) is 0 Å². The fraction of sp³-hybridized carbons (Fsp3) is 0.200. The Morgan fingerprint density at radius 3 is 1.57 bits per heavy atom. The molecule has 0 radical (unpaired) electrons. The van der Waals surface area contributed by atoms with E-state index in [2.05, 4.69) is 88.7 Å². The summed E-state index contributed by atoms with van der Waals surface area (Å²) in [5.74, 6) is 0.628. The minimum Gasteiger partial charge on any atom is -0.244 e. The summed E-state index contributed by atoms with van der Waals surface area (Å²) in [6.45, 7) is 12.7. The smallest absolute Gasteiger partial charge is 0.193 e. The molecular weight excluding hydrogens is 513 g/mol. The number of thiophene rings is 2. The number of hydrogen-bond donors (Lipinski definition) is 0. The van der Waals surface area contributed by atoms with Crippen LogP contribution in [0.2, 0.25) is 0 Å². The average Bonchev–Trinajstić information content (AvgIpc) is 3.61. The summed E-state index contributed by atoms with van der Waals surface area (Å²) in [5, 5.41) is 4.93.